The van der Waals surface area contributed by atoms with Crippen LogP contribution in [-0.2, 0) is 6.54 Å². The second-order valence-corrected chi connectivity index (χ2v) is 5.43. The summed E-state index contributed by atoms with van der Waals surface area (Å²) in [6, 6.07) is 12.2. The van der Waals surface area contributed by atoms with Gasteiger partial charge >= 0.3 is 0 Å². The zero-order valence-electron chi connectivity index (χ0n) is 13.1. The molecule has 21 heavy (non-hydrogen) atoms. The lowest BCUT2D eigenvalue weighted by Crippen LogP contribution is -2.13. The highest BCUT2D eigenvalue weighted by Crippen LogP contribution is 2.21. The van der Waals surface area contributed by atoms with Gasteiger partial charge in [0.05, 0.1) is 11.8 Å². The summed E-state index contributed by atoms with van der Waals surface area (Å²) >= 11 is 0. The van der Waals surface area contributed by atoms with Crippen LogP contribution in [0.3, 0.4) is 0 Å². The van der Waals surface area contributed by atoms with Crippen molar-refractivity contribution in [3.8, 4) is 5.75 Å². The van der Waals surface area contributed by atoms with Gasteiger partial charge in [0, 0.05) is 26.8 Å². The Bertz CT molecular complexity index is 565. The van der Waals surface area contributed by atoms with Crippen molar-refractivity contribution in [2.24, 2.45) is 0 Å². The first-order valence-corrected chi connectivity index (χ1v) is 7.18. The number of nitrogens with zero attached hydrogens (tertiary/aromatic N) is 2. The highest BCUT2D eigenvalue weighted by molar-refractivity contribution is 5.64. The molecule has 0 unspecified atom stereocenters. The number of aromatic nitrogens is 1. The Morgan fingerprint density at radius 3 is 2.48 bits per heavy atom. The van der Waals surface area contributed by atoms with E-state index in [1.165, 1.54) is 5.56 Å². The number of benzene rings is 1. The van der Waals surface area contributed by atoms with E-state index in [1.54, 1.807) is 6.20 Å². The molecule has 1 aromatic heterocycles. The van der Waals surface area contributed by atoms with Crippen LogP contribution in [-0.4, -0.2) is 25.2 Å². The summed E-state index contributed by atoms with van der Waals surface area (Å²) in [4.78, 5) is 6.38. The van der Waals surface area contributed by atoms with Gasteiger partial charge in [-0.15, -0.1) is 0 Å². The predicted octanol–water partition coefficient (Wildman–Crippen LogP) is 3.55. The number of rotatable bonds is 6. The minimum Gasteiger partial charge on any atom is -0.491 e. The van der Waals surface area contributed by atoms with Gasteiger partial charge in [-0.2, -0.15) is 0 Å². The molecule has 1 aromatic carbocycles. The van der Waals surface area contributed by atoms with E-state index in [1.807, 2.05) is 57.1 Å². The first-order valence-electron chi connectivity index (χ1n) is 7.18. The van der Waals surface area contributed by atoms with Gasteiger partial charge in [0.25, 0.3) is 0 Å². The van der Waals surface area contributed by atoms with Crippen LogP contribution in [0.2, 0.25) is 0 Å². The summed E-state index contributed by atoms with van der Waals surface area (Å²) in [6.45, 7) is 4.82. The molecular formula is C17H23N3O. The van der Waals surface area contributed by atoms with Gasteiger partial charge in [-0.3, -0.25) is 0 Å². The molecule has 112 valence electrons. The first-order chi connectivity index (χ1) is 10.1. The normalized spacial score (nSPS) is 10.5. The average molecular weight is 285 g/mol. The molecule has 0 atom stereocenters. The number of nitrogens with one attached hydrogen (secondary N) is 1. The topological polar surface area (TPSA) is 37.4 Å². The second kappa shape index (κ2) is 6.97. The second-order valence-electron chi connectivity index (χ2n) is 5.43. The van der Waals surface area contributed by atoms with Crippen molar-refractivity contribution in [3.63, 3.8) is 0 Å². The van der Waals surface area contributed by atoms with E-state index in [-0.39, 0.29) is 6.10 Å². The maximum atomic E-state index is 5.65. The number of anilines is 2. The molecule has 0 radical (unpaired) electrons. The maximum absolute atomic E-state index is 5.65. The molecule has 2 rings (SSSR count). The number of hydrogen-bond donors (Lipinski definition) is 1. The van der Waals surface area contributed by atoms with Crippen molar-refractivity contribution < 1.29 is 4.74 Å². The zero-order chi connectivity index (χ0) is 15.2. The molecule has 0 saturated carbocycles. The summed E-state index contributed by atoms with van der Waals surface area (Å²) in [5.74, 6) is 1.85. The summed E-state index contributed by atoms with van der Waals surface area (Å²) in [6.07, 6.45) is 2.01. The smallest absolute Gasteiger partial charge is 0.151 e. The fourth-order valence-electron chi connectivity index (χ4n) is 2.05. The van der Waals surface area contributed by atoms with Crippen LogP contribution in [0.5, 0.6) is 5.75 Å². The quantitative estimate of drug-likeness (QED) is 0.881. The van der Waals surface area contributed by atoms with E-state index in [4.69, 9.17) is 4.74 Å². The van der Waals surface area contributed by atoms with Gasteiger partial charge < -0.3 is 15.0 Å². The molecule has 4 heteroatoms. The van der Waals surface area contributed by atoms with Crippen LogP contribution in [0.1, 0.15) is 19.4 Å². The molecule has 1 N–H and O–H groups in total. The number of ether oxygens (including phenoxy) is 1. The van der Waals surface area contributed by atoms with Crippen molar-refractivity contribution in [2.45, 2.75) is 26.5 Å². The zero-order valence-corrected chi connectivity index (χ0v) is 13.1. The Labute approximate surface area is 126 Å². The number of hydrogen-bond acceptors (Lipinski definition) is 4. The third-order valence-corrected chi connectivity index (χ3v) is 2.99. The van der Waals surface area contributed by atoms with Gasteiger partial charge in [0.1, 0.15) is 5.75 Å². The van der Waals surface area contributed by atoms with Crippen LogP contribution in [0.25, 0.3) is 0 Å². The predicted molar refractivity (Wildman–Crippen MR) is 88.1 cm³/mol. The summed E-state index contributed by atoms with van der Waals surface area (Å²) in [5, 5.41) is 3.43. The minimum atomic E-state index is 0.201. The lowest BCUT2D eigenvalue weighted by atomic mass is 10.2. The number of pyridine rings is 1. The van der Waals surface area contributed by atoms with E-state index >= 15 is 0 Å². The maximum Gasteiger partial charge on any atom is 0.151 e. The molecule has 0 saturated heterocycles. The van der Waals surface area contributed by atoms with Crippen LogP contribution < -0.4 is 15.0 Å². The molecule has 1 heterocycles. The molecular weight excluding hydrogens is 262 g/mol. The third kappa shape index (κ3) is 4.38. The average Bonchev–Trinajstić information content (AvgIpc) is 2.46. The van der Waals surface area contributed by atoms with Crippen LogP contribution >= 0.6 is 0 Å². The Morgan fingerprint density at radius 1 is 1.14 bits per heavy atom. The Balaban J connectivity index is 2.00. The van der Waals surface area contributed by atoms with Crippen LogP contribution in [0, 0.1) is 0 Å². The SMILES string of the molecule is CC(C)Oc1ccc(CNc2cccnc2N(C)C)cc1. The van der Waals surface area contributed by atoms with E-state index in [0.717, 1.165) is 23.8 Å². The van der Waals surface area contributed by atoms with E-state index in [9.17, 15) is 0 Å². The highest BCUT2D eigenvalue weighted by Gasteiger charge is 2.05. The van der Waals surface area contributed by atoms with E-state index in [0.29, 0.717) is 0 Å². The lowest BCUT2D eigenvalue weighted by molar-refractivity contribution is 0.242. The van der Waals surface area contributed by atoms with Gasteiger partial charge in [0.15, 0.2) is 5.82 Å². The van der Waals surface area contributed by atoms with E-state index in [2.05, 4.69) is 22.4 Å². The Hall–Kier alpha value is -2.23. The van der Waals surface area contributed by atoms with Crippen molar-refractivity contribution in [1.82, 2.24) is 4.98 Å². The first kappa shape index (κ1) is 15.2. The van der Waals surface area contributed by atoms with Gasteiger partial charge in [0.2, 0.25) is 0 Å². The standard InChI is InChI=1S/C17H23N3O/c1-13(2)21-15-9-7-14(8-10-15)12-19-16-6-5-11-18-17(16)20(3)4/h5-11,13,19H,12H2,1-4H3. The lowest BCUT2D eigenvalue weighted by Gasteiger charge is -2.17. The molecule has 0 amide bonds. The molecule has 0 fully saturated rings. The Morgan fingerprint density at radius 2 is 1.86 bits per heavy atom. The fraction of sp³-hybridized carbons (Fsp3) is 0.353. The summed E-state index contributed by atoms with van der Waals surface area (Å²) < 4.78 is 5.65. The molecule has 0 aliphatic rings. The molecule has 0 aliphatic carbocycles. The van der Waals surface area contributed by atoms with Crippen LogP contribution in [0.4, 0.5) is 11.5 Å². The summed E-state index contributed by atoms with van der Waals surface area (Å²) in [5.41, 5.74) is 2.24. The van der Waals surface area contributed by atoms with Crippen LogP contribution in [0.15, 0.2) is 42.6 Å². The van der Waals surface area contributed by atoms with Crippen molar-refractivity contribution >= 4 is 11.5 Å². The molecule has 0 spiro atoms. The minimum absolute atomic E-state index is 0.201. The van der Waals surface area contributed by atoms with Crippen molar-refractivity contribution in [3.05, 3.63) is 48.2 Å². The summed E-state index contributed by atoms with van der Waals surface area (Å²) in [7, 11) is 3.98. The largest absolute Gasteiger partial charge is 0.491 e. The van der Waals surface area contributed by atoms with Crippen molar-refractivity contribution in [1.29, 1.82) is 0 Å². The fourth-order valence-corrected chi connectivity index (χ4v) is 2.05. The van der Waals surface area contributed by atoms with Crippen molar-refractivity contribution in [2.75, 3.05) is 24.3 Å². The monoisotopic (exact) mass is 285 g/mol. The van der Waals surface area contributed by atoms with Gasteiger partial charge in [-0.1, -0.05) is 12.1 Å². The molecule has 4 nitrogen and oxygen atoms in total. The third-order valence-electron chi connectivity index (χ3n) is 2.99. The van der Waals surface area contributed by atoms with Gasteiger partial charge in [-0.25, -0.2) is 4.98 Å². The molecule has 2 aromatic rings. The van der Waals surface area contributed by atoms with Gasteiger partial charge in [-0.05, 0) is 43.7 Å². The molecule has 0 aliphatic heterocycles. The highest BCUT2D eigenvalue weighted by atomic mass is 16.5. The Kier molecular flexibility index (Phi) is 5.04. The molecule has 0 bridgehead atoms. The van der Waals surface area contributed by atoms with E-state index < -0.39 is 0 Å².